The number of ether oxygens (including phenoxy) is 2. The van der Waals surface area contributed by atoms with Crippen molar-refractivity contribution in [1.29, 1.82) is 0 Å². The van der Waals surface area contributed by atoms with E-state index >= 15 is 0 Å². The fraction of sp³-hybridized carbons (Fsp3) is 0.421. The third-order valence-corrected chi connectivity index (χ3v) is 3.20. The molecule has 1 amide bonds. The summed E-state index contributed by atoms with van der Waals surface area (Å²) in [6, 6.07) is 7.85. The molecule has 1 N–H and O–H groups in total. The van der Waals surface area contributed by atoms with Crippen molar-refractivity contribution < 1.29 is 23.9 Å². The highest BCUT2D eigenvalue weighted by atomic mass is 16.6. The largest absolute Gasteiger partial charge is 0.461 e. The molecule has 0 spiro atoms. The van der Waals surface area contributed by atoms with E-state index in [1.807, 2.05) is 0 Å². The number of ketones is 1. The summed E-state index contributed by atoms with van der Waals surface area (Å²) in [5.41, 5.74) is -0.107. The van der Waals surface area contributed by atoms with Gasteiger partial charge in [0.15, 0.2) is 0 Å². The zero-order valence-corrected chi connectivity index (χ0v) is 15.1. The second-order valence-corrected chi connectivity index (χ2v) is 6.54. The molecule has 2 atom stereocenters. The summed E-state index contributed by atoms with van der Waals surface area (Å²) in [6.07, 6.45) is 0.692. The lowest BCUT2D eigenvalue weighted by molar-refractivity contribution is -0.151. The Morgan fingerprint density at radius 1 is 1.20 bits per heavy atom. The van der Waals surface area contributed by atoms with Gasteiger partial charge in [-0.2, -0.15) is 0 Å². The summed E-state index contributed by atoms with van der Waals surface area (Å²) in [5.74, 6) is -2.33. The molecule has 1 aromatic rings. The fourth-order valence-electron chi connectivity index (χ4n) is 2.22. The molecule has 136 valence electrons. The normalized spacial score (nSPS) is 13.3. The van der Waals surface area contributed by atoms with E-state index in [0.29, 0.717) is 5.56 Å². The van der Waals surface area contributed by atoms with E-state index in [2.05, 4.69) is 11.9 Å². The van der Waals surface area contributed by atoms with E-state index in [0.717, 1.165) is 0 Å². The molecule has 1 unspecified atom stereocenters. The highest BCUT2D eigenvalue weighted by molar-refractivity contribution is 5.99. The molecule has 1 aromatic carbocycles. The summed E-state index contributed by atoms with van der Waals surface area (Å²) in [4.78, 5) is 36.6. The van der Waals surface area contributed by atoms with Crippen LogP contribution >= 0.6 is 0 Å². The van der Waals surface area contributed by atoms with Crippen LogP contribution in [0.25, 0.3) is 0 Å². The van der Waals surface area contributed by atoms with Crippen LogP contribution in [0.15, 0.2) is 43.0 Å². The standard InChI is InChI=1S/C19H25NO5/c1-6-12-24-17(22)15(13(2)21)16(14-10-8-7-9-11-14)20-18(23)25-19(3,4)5/h6-11,15-16H,1,12H2,2-5H3,(H,20,23)/t15?,16-/m0/s1. The van der Waals surface area contributed by atoms with Gasteiger partial charge in [-0.25, -0.2) is 4.79 Å². The van der Waals surface area contributed by atoms with Crippen molar-refractivity contribution in [2.75, 3.05) is 6.61 Å². The lowest BCUT2D eigenvalue weighted by atomic mass is 9.90. The van der Waals surface area contributed by atoms with Gasteiger partial charge in [0.1, 0.15) is 23.9 Å². The molecule has 0 aliphatic rings. The Morgan fingerprint density at radius 3 is 2.28 bits per heavy atom. The van der Waals surface area contributed by atoms with Gasteiger partial charge in [-0.1, -0.05) is 43.0 Å². The van der Waals surface area contributed by atoms with Gasteiger partial charge < -0.3 is 14.8 Å². The van der Waals surface area contributed by atoms with Crippen LogP contribution in [0.4, 0.5) is 4.79 Å². The highest BCUT2D eigenvalue weighted by Crippen LogP contribution is 2.25. The second-order valence-electron chi connectivity index (χ2n) is 6.54. The van der Waals surface area contributed by atoms with E-state index in [1.54, 1.807) is 51.1 Å². The molecule has 0 saturated heterocycles. The minimum Gasteiger partial charge on any atom is -0.461 e. The molecule has 0 fully saturated rings. The number of esters is 1. The Morgan fingerprint density at radius 2 is 1.80 bits per heavy atom. The van der Waals surface area contributed by atoms with E-state index < -0.39 is 35.4 Å². The molecule has 0 heterocycles. The SMILES string of the molecule is C=CCOC(=O)C(C(C)=O)[C@@H](NC(=O)OC(C)(C)C)c1ccccc1. The predicted molar refractivity (Wildman–Crippen MR) is 93.9 cm³/mol. The number of benzene rings is 1. The highest BCUT2D eigenvalue weighted by Gasteiger charge is 2.36. The first kappa shape index (κ1) is 20.4. The number of Topliss-reactive ketones (excluding diaryl/α,β-unsaturated/α-hetero) is 1. The zero-order chi connectivity index (χ0) is 19.0. The van der Waals surface area contributed by atoms with Gasteiger partial charge in [-0.3, -0.25) is 9.59 Å². The van der Waals surface area contributed by atoms with Gasteiger partial charge >= 0.3 is 12.1 Å². The van der Waals surface area contributed by atoms with Gasteiger partial charge in [0.2, 0.25) is 0 Å². The topological polar surface area (TPSA) is 81.7 Å². The number of alkyl carbamates (subject to hydrolysis) is 1. The molecule has 0 aliphatic heterocycles. The molecule has 0 radical (unpaired) electrons. The van der Waals surface area contributed by atoms with Gasteiger partial charge in [0, 0.05) is 0 Å². The minimum atomic E-state index is -1.19. The van der Waals surface area contributed by atoms with Crippen LogP contribution in [0.2, 0.25) is 0 Å². The molecule has 0 aliphatic carbocycles. The summed E-state index contributed by atoms with van der Waals surface area (Å²) in [6.45, 7) is 9.92. The molecule has 6 heteroatoms. The van der Waals surface area contributed by atoms with Gasteiger partial charge in [-0.05, 0) is 33.3 Å². The molecular formula is C19H25NO5. The van der Waals surface area contributed by atoms with Crippen molar-refractivity contribution >= 4 is 17.8 Å². The quantitative estimate of drug-likeness (QED) is 0.465. The first-order valence-electron chi connectivity index (χ1n) is 7.98. The smallest absolute Gasteiger partial charge is 0.408 e. The number of hydrogen-bond donors (Lipinski definition) is 1. The molecule has 1 rings (SSSR count). The van der Waals surface area contributed by atoms with Gasteiger partial charge in [-0.15, -0.1) is 0 Å². The van der Waals surface area contributed by atoms with Gasteiger partial charge in [0.05, 0.1) is 6.04 Å². The summed E-state index contributed by atoms with van der Waals surface area (Å²) >= 11 is 0. The van der Waals surface area contributed by atoms with E-state index in [1.165, 1.54) is 13.0 Å². The number of carbonyl (C=O) groups is 3. The lowest BCUT2D eigenvalue weighted by Gasteiger charge is -2.27. The monoisotopic (exact) mass is 347 g/mol. The Kier molecular flexibility index (Phi) is 7.36. The van der Waals surface area contributed by atoms with E-state index in [-0.39, 0.29) is 6.61 Å². The molecular weight excluding hydrogens is 322 g/mol. The maximum Gasteiger partial charge on any atom is 0.408 e. The minimum absolute atomic E-state index is 0.0173. The van der Waals surface area contributed by atoms with Crippen LogP contribution < -0.4 is 5.32 Å². The number of amides is 1. The Labute approximate surface area is 148 Å². The lowest BCUT2D eigenvalue weighted by Crippen LogP contribution is -2.42. The molecule has 0 bridgehead atoms. The average molecular weight is 347 g/mol. The number of nitrogens with one attached hydrogen (secondary N) is 1. The molecule has 25 heavy (non-hydrogen) atoms. The number of rotatable bonds is 7. The van der Waals surface area contributed by atoms with E-state index in [9.17, 15) is 14.4 Å². The van der Waals surface area contributed by atoms with Crippen molar-refractivity contribution in [3.8, 4) is 0 Å². The van der Waals surface area contributed by atoms with Crippen molar-refractivity contribution in [2.45, 2.75) is 39.3 Å². The first-order chi connectivity index (χ1) is 11.7. The maximum absolute atomic E-state index is 12.3. The van der Waals surface area contributed by atoms with Crippen LogP contribution in [0.3, 0.4) is 0 Å². The summed E-state index contributed by atoms with van der Waals surface area (Å²) in [5, 5.41) is 2.62. The molecule has 0 saturated carbocycles. The first-order valence-corrected chi connectivity index (χ1v) is 7.98. The third-order valence-electron chi connectivity index (χ3n) is 3.20. The van der Waals surface area contributed by atoms with Crippen LogP contribution in [0.1, 0.15) is 39.3 Å². The second kappa shape index (κ2) is 9.01. The molecule has 6 nitrogen and oxygen atoms in total. The average Bonchev–Trinajstić information content (AvgIpc) is 2.51. The zero-order valence-electron chi connectivity index (χ0n) is 15.1. The number of hydrogen-bond acceptors (Lipinski definition) is 5. The van der Waals surface area contributed by atoms with Crippen molar-refractivity contribution in [2.24, 2.45) is 5.92 Å². The van der Waals surface area contributed by atoms with E-state index in [4.69, 9.17) is 9.47 Å². The fourth-order valence-corrected chi connectivity index (χ4v) is 2.22. The molecule has 0 aromatic heterocycles. The van der Waals surface area contributed by atoms with Crippen molar-refractivity contribution in [1.82, 2.24) is 5.32 Å². The van der Waals surface area contributed by atoms with Crippen LogP contribution in [-0.2, 0) is 19.1 Å². The third kappa shape index (κ3) is 6.79. The Bertz CT molecular complexity index is 618. The summed E-state index contributed by atoms with van der Waals surface area (Å²) in [7, 11) is 0. The Balaban J connectivity index is 3.15. The van der Waals surface area contributed by atoms with Crippen molar-refractivity contribution in [3.05, 3.63) is 48.6 Å². The predicted octanol–water partition coefficient (Wildman–Crippen LogP) is 3.19. The number of carbonyl (C=O) groups excluding carboxylic acids is 3. The van der Waals surface area contributed by atoms with Gasteiger partial charge in [0.25, 0.3) is 0 Å². The van der Waals surface area contributed by atoms with Crippen LogP contribution in [-0.4, -0.2) is 30.1 Å². The van der Waals surface area contributed by atoms with Crippen LogP contribution in [0.5, 0.6) is 0 Å². The maximum atomic E-state index is 12.3. The summed E-state index contributed by atoms with van der Waals surface area (Å²) < 4.78 is 10.3. The Hall–Kier alpha value is -2.63. The van der Waals surface area contributed by atoms with Crippen molar-refractivity contribution in [3.63, 3.8) is 0 Å². The van der Waals surface area contributed by atoms with Crippen LogP contribution in [0, 0.1) is 5.92 Å².